The number of carboxylic acid groups (broad SMARTS) is 1. The summed E-state index contributed by atoms with van der Waals surface area (Å²) in [5.41, 5.74) is 4.07. The van der Waals surface area contributed by atoms with Crippen LogP contribution in [0, 0.1) is 0 Å². The maximum Gasteiger partial charge on any atom is 0.230 e. The molecule has 0 aliphatic carbocycles. The third-order valence-corrected chi connectivity index (χ3v) is 3.31. The molecular formula is C12H16Cl2N3O3+. The first-order valence-corrected chi connectivity index (χ1v) is 6.78. The Bertz CT molecular complexity index is 497. The van der Waals surface area contributed by atoms with Crippen LogP contribution in [0.2, 0.25) is 10.0 Å². The number of carboxylic acids is 1. The van der Waals surface area contributed by atoms with Crippen molar-refractivity contribution in [1.29, 1.82) is 0 Å². The Kier molecular flexibility index (Phi) is 6.74. The van der Waals surface area contributed by atoms with E-state index in [1.165, 1.54) is 11.4 Å². The molecule has 8 heteroatoms. The molecule has 0 heterocycles. The van der Waals surface area contributed by atoms with E-state index in [0.29, 0.717) is 28.8 Å². The number of hydrogen-bond acceptors (Lipinski definition) is 3. The molecule has 0 aromatic heterocycles. The predicted molar refractivity (Wildman–Crippen MR) is 73.1 cm³/mol. The van der Waals surface area contributed by atoms with Crippen LogP contribution in [0.3, 0.4) is 0 Å². The Morgan fingerprint density at radius 1 is 1.35 bits per heavy atom. The summed E-state index contributed by atoms with van der Waals surface area (Å²) >= 11 is 11.6. The van der Waals surface area contributed by atoms with Gasteiger partial charge in [-0.3, -0.25) is 4.79 Å². The van der Waals surface area contributed by atoms with Crippen LogP contribution < -0.4 is 21.5 Å². The van der Waals surface area contributed by atoms with Crippen LogP contribution in [0.15, 0.2) is 18.2 Å². The molecule has 6 nitrogen and oxygen atoms in total. The quantitative estimate of drug-likeness (QED) is 0.553. The highest BCUT2D eigenvalue weighted by Crippen LogP contribution is 2.24. The number of amides is 1. The van der Waals surface area contributed by atoms with E-state index in [1.807, 2.05) is 0 Å². The molecular weight excluding hydrogens is 305 g/mol. The number of rotatable bonds is 7. The molecule has 0 bridgehead atoms. The lowest BCUT2D eigenvalue weighted by atomic mass is 10.2. The first kappa shape index (κ1) is 16.7. The summed E-state index contributed by atoms with van der Waals surface area (Å²) in [7, 11) is 0. The van der Waals surface area contributed by atoms with Gasteiger partial charge in [0.15, 0.2) is 0 Å². The molecule has 1 atom stereocenters. The van der Waals surface area contributed by atoms with Crippen molar-refractivity contribution in [2.45, 2.75) is 12.5 Å². The number of anilines is 1. The maximum absolute atomic E-state index is 11.8. The van der Waals surface area contributed by atoms with Crippen LogP contribution in [0.1, 0.15) is 6.42 Å². The lowest BCUT2D eigenvalue weighted by Gasteiger charge is -2.15. The zero-order valence-corrected chi connectivity index (χ0v) is 12.2. The molecule has 20 heavy (non-hydrogen) atoms. The fourth-order valence-electron chi connectivity index (χ4n) is 1.57. The molecule has 0 radical (unpaired) electrons. The van der Waals surface area contributed by atoms with E-state index in [9.17, 15) is 14.7 Å². The summed E-state index contributed by atoms with van der Waals surface area (Å²) in [5, 5.41) is 15.7. The van der Waals surface area contributed by atoms with Crippen molar-refractivity contribution in [3.63, 3.8) is 0 Å². The fourth-order valence-corrected chi connectivity index (χ4v) is 1.87. The van der Waals surface area contributed by atoms with Crippen molar-refractivity contribution in [3.8, 4) is 0 Å². The number of aliphatic carboxylic acids is 1. The normalized spacial score (nSPS) is 11.9. The molecule has 110 valence electrons. The average Bonchev–Trinajstić information content (AvgIpc) is 2.38. The van der Waals surface area contributed by atoms with Crippen molar-refractivity contribution in [1.82, 2.24) is 0 Å². The number of benzene rings is 1. The van der Waals surface area contributed by atoms with E-state index in [0.717, 1.165) is 0 Å². The SMILES string of the molecule is [NH3+]CC[NH2+][C@H](CC(=O)Nc1ccc(Cl)c(Cl)c1)C(=O)[O-]. The molecule has 0 saturated carbocycles. The van der Waals surface area contributed by atoms with Gasteiger partial charge in [0.1, 0.15) is 19.1 Å². The first-order chi connectivity index (χ1) is 9.43. The molecule has 0 saturated heterocycles. The zero-order valence-electron chi connectivity index (χ0n) is 10.7. The first-order valence-electron chi connectivity index (χ1n) is 6.02. The molecule has 0 unspecified atom stereocenters. The Hall–Kier alpha value is -1.34. The van der Waals surface area contributed by atoms with Crippen molar-refractivity contribution in [3.05, 3.63) is 28.2 Å². The molecule has 0 aliphatic rings. The van der Waals surface area contributed by atoms with Crippen LogP contribution in [-0.4, -0.2) is 31.0 Å². The topological polar surface area (TPSA) is 113 Å². The van der Waals surface area contributed by atoms with Gasteiger partial charge in [-0.25, -0.2) is 0 Å². The minimum atomic E-state index is -1.28. The largest absolute Gasteiger partial charge is 0.544 e. The van der Waals surface area contributed by atoms with Crippen molar-refractivity contribution in [2.24, 2.45) is 0 Å². The molecule has 1 aromatic carbocycles. The number of halogens is 2. The van der Waals surface area contributed by atoms with Gasteiger partial charge in [0, 0.05) is 5.69 Å². The van der Waals surface area contributed by atoms with Crippen LogP contribution in [0.5, 0.6) is 0 Å². The Labute approximate surface area is 126 Å². The monoisotopic (exact) mass is 320 g/mol. The van der Waals surface area contributed by atoms with E-state index < -0.39 is 17.9 Å². The van der Waals surface area contributed by atoms with Crippen molar-refractivity contribution >= 4 is 40.8 Å². The number of carbonyl (C=O) groups excluding carboxylic acids is 2. The zero-order chi connectivity index (χ0) is 15.1. The summed E-state index contributed by atoms with van der Waals surface area (Å²) in [5.74, 6) is -1.71. The minimum Gasteiger partial charge on any atom is -0.544 e. The van der Waals surface area contributed by atoms with Gasteiger partial charge in [0.2, 0.25) is 5.91 Å². The average molecular weight is 321 g/mol. The fraction of sp³-hybridized carbons (Fsp3) is 0.333. The molecule has 0 aliphatic heterocycles. The number of carbonyl (C=O) groups is 2. The summed E-state index contributed by atoms with van der Waals surface area (Å²) in [6, 6.07) is 3.69. The number of nitrogens with two attached hydrogens (primary N) is 1. The minimum absolute atomic E-state index is 0.192. The van der Waals surface area contributed by atoms with E-state index in [4.69, 9.17) is 23.2 Å². The van der Waals surface area contributed by atoms with Crippen LogP contribution in [0.25, 0.3) is 0 Å². The van der Waals surface area contributed by atoms with Gasteiger partial charge in [-0.05, 0) is 18.2 Å². The van der Waals surface area contributed by atoms with Gasteiger partial charge in [-0.15, -0.1) is 0 Å². The third kappa shape index (κ3) is 5.34. The van der Waals surface area contributed by atoms with E-state index >= 15 is 0 Å². The van der Waals surface area contributed by atoms with Gasteiger partial charge >= 0.3 is 0 Å². The summed E-state index contributed by atoms with van der Waals surface area (Å²) in [6.45, 7) is 1.08. The molecule has 1 rings (SSSR count). The molecule has 1 aromatic rings. The van der Waals surface area contributed by atoms with Gasteiger partial charge in [-0.1, -0.05) is 23.2 Å². The summed E-state index contributed by atoms with van der Waals surface area (Å²) < 4.78 is 0. The maximum atomic E-state index is 11.8. The van der Waals surface area contributed by atoms with E-state index in [2.05, 4.69) is 11.1 Å². The highest BCUT2D eigenvalue weighted by molar-refractivity contribution is 6.42. The third-order valence-electron chi connectivity index (χ3n) is 2.57. The summed E-state index contributed by atoms with van der Waals surface area (Å²) in [6.07, 6.45) is -0.192. The number of quaternary nitrogens is 2. The highest BCUT2D eigenvalue weighted by atomic mass is 35.5. The van der Waals surface area contributed by atoms with Crippen molar-refractivity contribution < 1.29 is 25.7 Å². The molecule has 1 amide bonds. The standard InChI is InChI=1S/C12H15Cl2N3O3/c13-8-2-1-7(5-9(8)14)17-11(18)6-10(12(19)20)16-4-3-15/h1-2,5,10,16H,3-4,6,15H2,(H,17,18)(H,19,20)/p+1/t10-/m1/s1. The van der Waals surface area contributed by atoms with E-state index in [1.54, 1.807) is 12.1 Å². The number of hydrogen-bond donors (Lipinski definition) is 3. The molecule has 0 spiro atoms. The van der Waals surface area contributed by atoms with Gasteiger partial charge < -0.3 is 26.3 Å². The number of nitrogens with one attached hydrogen (secondary N) is 1. The van der Waals surface area contributed by atoms with E-state index in [-0.39, 0.29) is 6.42 Å². The Morgan fingerprint density at radius 2 is 2.05 bits per heavy atom. The Balaban J connectivity index is 2.60. The second-order valence-corrected chi connectivity index (χ2v) is 5.00. The smallest absolute Gasteiger partial charge is 0.230 e. The van der Waals surface area contributed by atoms with Crippen molar-refractivity contribution in [2.75, 3.05) is 18.4 Å². The van der Waals surface area contributed by atoms with Gasteiger partial charge in [-0.2, -0.15) is 0 Å². The molecule has 6 N–H and O–H groups in total. The van der Waals surface area contributed by atoms with Gasteiger partial charge in [0.05, 0.1) is 22.4 Å². The highest BCUT2D eigenvalue weighted by Gasteiger charge is 2.18. The lowest BCUT2D eigenvalue weighted by Crippen LogP contribution is -2.95. The van der Waals surface area contributed by atoms with Crippen LogP contribution >= 0.6 is 23.2 Å². The van der Waals surface area contributed by atoms with Crippen LogP contribution in [0.4, 0.5) is 5.69 Å². The lowest BCUT2D eigenvalue weighted by molar-refractivity contribution is -0.695. The molecule has 0 fully saturated rings. The second-order valence-electron chi connectivity index (χ2n) is 4.18. The Morgan fingerprint density at radius 3 is 2.60 bits per heavy atom. The second kappa shape index (κ2) is 8.06. The summed E-state index contributed by atoms with van der Waals surface area (Å²) in [4.78, 5) is 22.7. The predicted octanol–water partition coefficient (Wildman–Crippen LogP) is -1.75. The van der Waals surface area contributed by atoms with Gasteiger partial charge in [0.25, 0.3) is 0 Å². The van der Waals surface area contributed by atoms with Crippen LogP contribution in [-0.2, 0) is 9.59 Å².